The second-order valence-corrected chi connectivity index (χ2v) is 7.28. The molecule has 27 heavy (non-hydrogen) atoms. The number of benzene rings is 1. The number of carboxylic acids is 1. The molecule has 4 amide bonds. The molecule has 8 nitrogen and oxygen atoms in total. The van der Waals surface area contributed by atoms with Crippen molar-refractivity contribution in [2.75, 3.05) is 6.54 Å². The maximum absolute atomic E-state index is 13.1. The molecule has 1 aliphatic rings. The first-order valence-corrected chi connectivity index (χ1v) is 8.37. The number of hydrogen-bond acceptors (Lipinski definition) is 4. The Kier molecular flexibility index (Phi) is 5.53. The minimum atomic E-state index is -1.40. The molecule has 0 aromatic heterocycles. The van der Waals surface area contributed by atoms with Crippen LogP contribution in [-0.2, 0) is 19.9 Å². The fourth-order valence-corrected chi connectivity index (χ4v) is 2.86. The van der Waals surface area contributed by atoms with E-state index >= 15 is 0 Å². The Balaban J connectivity index is 2.07. The molecule has 1 fully saturated rings. The van der Waals surface area contributed by atoms with Gasteiger partial charge in [-0.05, 0) is 44.9 Å². The van der Waals surface area contributed by atoms with Crippen LogP contribution in [0, 0.1) is 5.82 Å². The number of halogens is 1. The number of aliphatic carboxylic acids is 1. The van der Waals surface area contributed by atoms with Crippen LogP contribution >= 0.6 is 0 Å². The second-order valence-electron chi connectivity index (χ2n) is 7.28. The summed E-state index contributed by atoms with van der Waals surface area (Å²) in [6.45, 7) is 4.29. The van der Waals surface area contributed by atoms with E-state index in [9.17, 15) is 23.6 Å². The van der Waals surface area contributed by atoms with E-state index in [2.05, 4.69) is 10.6 Å². The molecule has 146 valence electrons. The Morgan fingerprint density at radius 3 is 2.41 bits per heavy atom. The molecule has 0 radical (unpaired) electrons. The normalized spacial score (nSPS) is 19.8. The molecule has 1 saturated heterocycles. The first-order valence-electron chi connectivity index (χ1n) is 8.37. The van der Waals surface area contributed by atoms with Gasteiger partial charge in [0, 0.05) is 12.0 Å². The summed E-state index contributed by atoms with van der Waals surface area (Å²) in [5.41, 5.74) is -1.81. The van der Waals surface area contributed by atoms with Crippen LogP contribution in [0.2, 0.25) is 0 Å². The highest BCUT2D eigenvalue weighted by Crippen LogP contribution is 2.28. The lowest BCUT2D eigenvalue weighted by Crippen LogP contribution is -2.49. The molecule has 2 rings (SSSR count). The number of amides is 4. The van der Waals surface area contributed by atoms with Gasteiger partial charge in [-0.2, -0.15) is 0 Å². The summed E-state index contributed by atoms with van der Waals surface area (Å²) < 4.78 is 13.1. The molecule has 1 aliphatic heterocycles. The molecule has 1 aromatic rings. The average Bonchev–Trinajstić information content (AvgIpc) is 2.77. The van der Waals surface area contributed by atoms with Crippen molar-refractivity contribution >= 4 is 23.8 Å². The molecule has 9 heteroatoms. The van der Waals surface area contributed by atoms with Gasteiger partial charge < -0.3 is 15.7 Å². The third-order valence-electron chi connectivity index (χ3n) is 4.44. The molecule has 0 spiro atoms. The number of nitrogens with one attached hydrogen (secondary N) is 2. The van der Waals surface area contributed by atoms with Crippen molar-refractivity contribution in [1.29, 1.82) is 0 Å². The van der Waals surface area contributed by atoms with E-state index < -0.39 is 47.3 Å². The summed E-state index contributed by atoms with van der Waals surface area (Å²) in [5.74, 6) is -2.67. The van der Waals surface area contributed by atoms with Crippen molar-refractivity contribution in [3.8, 4) is 0 Å². The zero-order valence-corrected chi connectivity index (χ0v) is 15.3. The van der Waals surface area contributed by atoms with E-state index in [0.717, 1.165) is 4.90 Å². The number of imide groups is 1. The molecule has 1 heterocycles. The zero-order chi connectivity index (χ0) is 20.4. The summed E-state index contributed by atoms with van der Waals surface area (Å²) in [7, 11) is 0. The smallest absolute Gasteiger partial charge is 0.325 e. The fraction of sp³-hybridized carbons (Fsp3) is 0.444. The molecule has 1 unspecified atom stereocenters. The van der Waals surface area contributed by atoms with Crippen LogP contribution < -0.4 is 10.6 Å². The monoisotopic (exact) mass is 379 g/mol. The van der Waals surface area contributed by atoms with E-state index in [0.29, 0.717) is 5.56 Å². The standard InChI is InChI=1S/C18H22FN3O5/c1-17(2,9-8-14(24)25)20-13(23)10-22-15(26)18(3,21-16(22)27)11-4-6-12(19)7-5-11/h4-7H,8-10H2,1-3H3,(H,20,23)(H,21,27)(H,24,25). The number of hydrogen-bond donors (Lipinski definition) is 3. The van der Waals surface area contributed by atoms with Crippen molar-refractivity contribution in [3.63, 3.8) is 0 Å². The van der Waals surface area contributed by atoms with Crippen molar-refractivity contribution < 1.29 is 28.7 Å². The number of nitrogens with zero attached hydrogens (tertiary/aromatic N) is 1. The van der Waals surface area contributed by atoms with Gasteiger partial charge in [0.2, 0.25) is 5.91 Å². The van der Waals surface area contributed by atoms with E-state index in [-0.39, 0.29) is 12.8 Å². The summed E-state index contributed by atoms with van der Waals surface area (Å²) in [4.78, 5) is 48.7. The molecule has 3 N–H and O–H groups in total. The van der Waals surface area contributed by atoms with Gasteiger partial charge in [-0.3, -0.25) is 19.3 Å². The topological polar surface area (TPSA) is 116 Å². The lowest BCUT2D eigenvalue weighted by molar-refractivity contribution is -0.138. The Hall–Kier alpha value is -2.97. The van der Waals surface area contributed by atoms with Crippen LogP contribution in [0.15, 0.2) is 24.3 Å². The van der Waals surface area contributed by atoms with E-state index in [1.54, 1.807) is 13.8 Å². The van der Waals surface area contributed by atoms with Crippen LogP contribution in [0.5, 0.6) is 0 Å². The van der Waals surface area contributed by atoms with Crippen LogP contribution in [0.4, 0.5) is 9.18 Å². The minimum Gasteiger partial charge on any atom is -0.481 e. The van der Waals surface area contributed by atoms with Crippen LogP contribution in [-0.4, -0.2) is 45.9 Å². The van der Waals surface area contributed by atoms with Gasteiger partial charge >= 0.3 is 12.0 Å². The first-order chi connectivity index (χ1) is 12.4. The lowest BCUT2D eigenvalue weighted by atomic mass is 9.92. The van der Waals surface area contributed by atoms with Crippen LogP contribution in [0.1, 0.15) is 39.2 Å². The quantitative estimate of drug-likeness (QED) is 0.619. The average molecular weight is 379 g/mol. The molecule has 0 bridgehead atoms. The van der Waals surface area contributed by atoms with Gasteiger partial charge in [0.05, 0.1) is 0 Å². The van der Waals surface area contributed by atoms with Crippen molar-refractivity contribution in [3.05, 3.63) is 35.6 Å². The van der Waals surface area contributed by atoms with Gasteiger partial charge in [-0.25, -0.2) is 9.18 Å². The molecule has 0 aliphatic carbocycles. The van der Waals surface area contributed by atoms with Crippen LogP contribution in [0.25, 0.3) is 0 Å². The molecule has 0 saturated carbocycles. The molecular weight excluding hydrogens is 357 g/mol. The highest BCUT2D eigenvalue weighted by atomic mass is 19.1. The second kappa shape index (κ2) is 7.34. The SMILES string of the molecule is CC(C)(CCC(=O)O)NC(=O)CN1C(=O)NC(C)(c2ccc(F)cc2)C1=O. The Morgan fingerprint density at radius 2 is 1.85 bits per heavy atom. The predicted octanol–water partition coefficient (Wildman–Crippen LogP) is 1.35. The van der Waals surface area contributed by atoms with Crippen molar-refractivity contribution in [1.82, 2.24) is 15.5 Å². The van der Waals surface area contributed by atoms with Gasteiger partial charge in [-0.1, -0.05) is 12.1 Å². The van der Waals surface area contributed by atoms with E-state index in [1.165, 1.54) is 31.2 Å². The highest BCUT2D eigenvalue weighted by molar-refractivity contribution is 6.09. The van der Waals surface area contributed by atoms with Crippen molar-refractivity contribution in [2.45, 2.75) is 44.7 Å². The predicted molar refractivity (Wildman–Crippen MR) is 93.1 cm³/mol. The maximum atomic E-state index is 13.1. The van der Waals surface area contributed by atoms with Crippen molar-refractivity contribution in [2.24, 2.45) is 0 Å². The third kappa shape index (κ3) is 4.60. The molecule has 1 aromatic carbocycles. The largest absolute Gasteiger partial charge is 0.481 e. The number of carbonyl (C=O) groups excluding carboxylic acids is 3. The third-order valence-corrected chi connectivity index (χ3v) is 4.44. The summed E-state index contributed by atoms with van der Waals surface area (Å²) in [6.07, 6.45) is 0.0700. The van der Waals surface area contributed by atoms with Gasteiger partial charge in [0.25, 0.3) is 5.91 Å². The number of urea groups is 1. The van der Waals surface area contributed by atoms with Crippen LogP contribution in [0.3, 0.4) is 0 Å². The number of rotatable bonds is 7. The Labute approximate surface area is 155 Å². The van der Waals surface area contributed by atoms with E-state index in [4.69, 9.17) is 5.11 Å². The van der Waals surface area contributed by atoms with Gasteiger partial charge in [0.15, 0.2) is 0 Å². The lowest BCUT2D eigenvalue weighted by Gasteiger charge is -2.27. The first kappa shape index (κ1) is 20.3. The minimum absolute atomic E-state index is 0.126. The summed E-state index contributed by atoms with van der Waals surface area (Å²) in [5, 5.41) is 13.9. The van der Waals surface area contributed by atoms with E-state index in [1.807, 2.05) is 0 Å². The summed E-state index contributed by atoms with van der Waals surface area (Å²) >= 11 is 0. The molecule has 1 atom stereocenters. The van der Waals surface area contributed by atoms with Gasteiger partial charge in [-0.15, -0.1) is 0 Å². The Bertz CT molecular complexity index is 778. The fourth-order valence-electron chi connectivity index (χ4n) is 2.86. The zero-order valence-electron chi connectivity index (χ0n) is 15.3. The summed E-state index contributed by atoms with van der Waals surface area (Å²) in [6, 6.07) is 4.42. The number of carbonyl (C=O) groups is 4. The Morgan fingerprint density at radius 1 is 1.26 bits per heavy atom. The van der Waals surface area contributed by atoms with Gasteiger partial charge in [0.1, 0.15) is 17.9 Å². The maximum Gasteiger partial charge on any atom is 0.325 e. The number of carboxylic acid groups (broad SMARTS) is 1. The molecular formula is C18H22FN3O5. The highest BCUT2D eigenvalue weighted by Gasteiger charge is 2.49.